The molecule has 2 amide bonds. The molecule has 2 aromatic heterocycles. The first-order chi connectivity index (χ1) is 15.3. The summed E-state index contributed by atoms with van der Waals surface area (Å²) < 4.78 is 0. The van der Waals surface area contributed by atoms with Crippen LogP contribution in [0.25, 0.3) is 10.9 Å². The number of H-pyrrole nitrogens is 1. The summed E-state index contributed by atoms with van der Waals surface area (Å²) in [5, 5.41) is 1.06. The Balaban J connectivity index is 1.52. The molecule has 0 fully saturated rings. The number of nitrogens with zero attached hydrogens (tertiary/aromatic N) is 4. The second kappa shape index (κ2) is 9.10. The first kappa shape index (κ1) is 22.0. The van der Waals surface area contributed by atoms with E-state index in [0.717, 1.165) is 40.0 Å². The van der Waals surface area contributed by atoms with E-state index in [-0.39, 0.29) is 11.8 Å². The lowest BCUT2D eigenvalue weighted by Crippen LogP contribution is -2.38. The summed E-state index contributed by atoms with van der Waals surface area (Å²) in [6.45, 7) is 7.24. The van der Waals surface area contributed by atoms with E-state index in [1.807, 2.05) is 42.3 Å². The second-order valence-corrected chi connectivity index (χ2v) is 9.04. The maximum atomic E-state index is 12.9. The molecule has 7 heteroatoms. The number of aromatic nitrogens is 3. The number of amides is 2. The van der Waals surface area contributed by atoms with E-state index in [1.165, 1.54) is 0 Å². The summed E-state index contributed by atoms with van der Waals surface area (Å²) in [5.74, 6) is 1.92. The highest BCUT2D eigenvalue weighted by molar-refractivity contribution is 5.95. The first-order valence-electron chi connectivity index (χ1n) is 11.3. The van der Waals surface area contributed by atoms with Crippen molar-refractivity contribution in [2.45, 2.75) is 53.0 Å². The molecule has 3 heterocycles. The quantitative estimate of drug-likeness (QED) is 0.615. The maximum absolute atomic E-state index is 12.9. The number of aryl methyl sites for hydroxylation is 1. The molecule has 0 unspecified atom stereocenters. The molecule has 0 radical (unpaired) electrons. The number of rotatable bonds is 7. The van der Waals surface area contributed by atoms with E-state index >= 15 is 0 Å². The Morgan fingerprint density at radius 1 is 1.22 bits per heavy atom. The fraction of sp³-hybridized carbons (Fsp3) is 0.440. The fourth-order valence-electron chi connectivity index (χ4n) is 4.20. The van der Waals surface area contributed by atoms with E-state index in [9.17, 15) is 9.59 Å². The molecule has 0 aliphatic carbocycles. The second-order valence-electron chi connectivity index (χ2n) is 9.04. The number of anilines is 1. The smallest absolute Gasteiger partial charge is 0.228 e. The topological polar surface area (TPSA) is 82.2 Å². The normalized spacial score (nSPS) is 13.7. The Kier molecular flexibility index (Phi) is 6.26. The number of benzene rings is 1. The van der Waals surface area contributed by atoms with Crippen LogP contribution in [0.3, 0.4) is 0 Å². The minimum Gasteiger partial charge on any atom is -0.361 e. The van der Waals surface area contributed by atoms with Crippen LogP contribution in [-0.4, -0.2) is 45.3 Å². The number of hydrogen-bond donors (Lipinski definition) is 1. The van der Waals surface area contributed by atoms with Crippen molar-refractivity contribution in [3.63, 3.8) is 0 Å². The van der Waals surface area contributed by atoms with Gasteiger partial charge in [-0.1, -0.05) is 32.0 Å². The third kappa shape index (κ3) is 4.52. The van der Waals surface area contributed by atoms with Crippen molar-refractivity contribution in [2.24, 2.45) is 5.92 Å². The minimum absolute atomic E-state index is 0.00136. The summed E-state index contributed by atoms with van der Waals surface area (Å²) in [7, 11) is 1.77. The SMILES string of the molecule is Cc1nc(CN(C)C(=O)Cc2c[nH]c3ccccc23)nc2c1CCC(=O)N2CCC(C)C. The van der Waals surface area contributed by atoms with Gasteiger partial charge in [-0.25, -0.2) is 9.97 Å². The van der Waals surface area contributed by atoms with E-state index in [2.05, 4.69) is 23.8 Å². The van der Waals surface area contributed by atoms with Gasteiger partial charge in [0.15, 0.2) is 0 Å². The maximum Gasteiger partial charge on any atom is 0.228 e. The molecule has 0 saturated carbocycles. The molecule has 4 rings (SSSR count). The van der Waals surface area contributed by atoms with Crippen LogP contribution in [0, 0.1) is 12.8 Å². The van der Waals surface area contributed by atoms with Crippen LogP contribution >= 0.6 is 0 Å². The lowest BCUT2D eigenvalue weighted by Gasteiger charge is -2.30. The Labute approximate surface area is 188 Å². The predicted octanol–water partition coefficient (Wildman–Crippen LogP) is 3.79. The lowest BCUT2D eigenvalue weighted by molar-refractivity contribution is -0.129. The van der Waals surface area contributed by atoms with E-state index < -0.39 is 0 Å². The minimum atomic E-state index is 0.00136. The van der Waals surface area contributed by atoms with Crippen molar-refractivity contribution in [2.75, 3.05) is 18.5 Å². The zero-order valence-electron chi connectivity index (χ0n) is 19.3. The number of likely N-dealkylation sites (N-methyl/N-ethyl adjacent to an activating group) is 1. The molecule has 32 heavy (non-hydrogen) atoms. The summed E-state index contributed by atoms with van der Waals surface area (Å²) in [6.07, 6.45) is 4.30. The molecule has 7 nitrogen and oxygen atoms in total. The van der Waals surface area contributed by atoms with Crippen molar-refractivity contribution in [1.82, 2.24) is 19.9 Å². The molecule has 1 N–H and O–H groups in total. The first-order valence-corrected chi connectivity index (χ1v) is 11.3. The predicted molar refractivity (Wildman–Crippen MR) is 125 cm³/mol. The van der Waals surface area contributed by atoms with Crippen molar-refractivity contribution >= 4 is 28.5 Å². The molecule has 1 aliphatic heterocycles. The van der Waals surface area contributed by atoms with Crippen LogP contribution in [0.1, 0.15) is 49.3 Å². The highest BCUT2D eigenvalue weighted by Gasteiger charge is 2.28. The van der Waals surface area contributed by atoms with Crippen LogP contribution in [-0.2, 0) is 29.0 Å². The van der Waals surface area contributed by atoms with E-state index in [1.54, 1.807) is 11.9 Å². The average Bonchev–Trinajstić information content (AvgIpc) is 3.15. The number of carbonyl (C=O) groups is 2. The molecule has 1 aromatic carbocycles. The highest BCUT2D eigenvalue weighted by Crippen LogP contribution is 2.29. The van der Waals surface area contributed by atoms with Crippen LogP contribution in [0.2, 0.25) is 0 Å². The van der Waals surface area contributed by atoms with Gasteiger partial charge in [-0.05, 0) is 37.3 Å². The molecular formula is C25H31N5O2. The Morgan fingerprint density at radius 3 is 2.78 bits per heavy atom. The molecule has 1 aliphatic rings. The number of aromatic amines is 1. The average molecular weight is 434 g/mol. The van der Waals surface area contributed by atoms with Crippen molar-refractivity contribution < 1.29 is 9.59 Å². The summed E-state index contributed by atoms with van der Waals surface area (Å²) in [6, 6.07) is 7.97. The van der Waals surface area contributed by atoms with Gasteiger partial charge >= 0.3 is 0 Å². The van der Waals surface area contributed by atoms with Crippen molar-refractivity contribution in [3.05, 3.63) is 53.1 Å². The molecule has 3 aromatic rings. The molecule has 0 bridgehead atoms. The lowest BCUT2D eigenvalue weighted by atomic mass is 10.0. The standard InChI is InChI=1S/C25H31N5O2/c1-16(2)11-12-30-23(31)10-9-19-17(3)27-22(28-25(19)30)15-29(4)24(32)13-18-14-26-21-8-6-5-7-20(18)21/h5-8,14,16,26H,9-13,15H2,1-4H3. The Bertz CT molecular complexity index is 1150. The third-order valence-corrected chi connectivity index (χ3v) is 6.13. The monoisotopic (exact) mass is 433 g/mol. The molecule has 0 saturated heterocycles. The number of carbonyl (C=O) groups excluding carboxylic acids is 2. The van der Waals surface area contributed by atoms with Gasteiger partial charge in [0.2, 0.25) is 11.8 Å². The van der Waals surface area contributed by atoms with Crippen molar-refractivity contribution in [1.29, 1.82) is 0 Å². The van der Waals surface area contributed by atoms with Crippen LogP contribution in [0.5, 0.6) is 0 Å². The van der Waals surface area contributed by atoms with E-state index in [4.69, 9.17) is 4.98 Å². The van der Waals surface area contributed by atoms with Gasteiger partial charge in [-0.3, -0.25) is 14.5 Å². The van der Waals surface area contributed by atoms with Crippen LogP contribution in [0.15, 0.2) is 30.5 Å². The largest absolute Gasteiger partial charge is 0.361 e. The van der Waals surface area contributed by atoms with Gasteiger partial charge in [0.1, 0.15) is 11.6 Å². The van der Waals surface area contributed by atoms with Crippen molar-refractivity contribution in [3.8, 4) is 0 Å². The van der Waals surface area contributed by atoms with Gasteiger partial charge in [0.25, 0.3) is 0 Å². The summed E-state index contributed by atoms with van der Waals surface area (Å²) >= 11 is 0. The van der Waals surface area contributed by atoms with Gasteiger partial charge in [0.05, 0.1) is 13.0 Å². The van der Waals surface area contributed by atoms with Gasteiger partial charge in [0, 0.05) is 48.4 Å². The number of fused-ring (bicyclic) bond motifs is 2. The van der Waals surface area contributed by atoms with Crippen LogP contribution < -0.4 is 4.90 Å². The van der Waals surface area contributed by atoms with Gasteiger partial charge in [-0.2, -0.15) is 0 Å². The fourth-order valence-corrected chi connectivity index (χ4v) is 4.20. The third-order valence-electron chi connectivity index (χ3n) is 6.13. The van der Waals surface area contributed by atoms with Crippen LogP contribution in [0.4, 0.5) is 5.82 Å². The Morgan fingerprint density at radius 2 is 2.00 bits per heavy atom. The zero-order valence-corrected chi connectivity index (χ0v) is 19.3. The van der Waals surface area contributed by atoms with Gasteiger partial charge in [-0.15, -0.1) is 0 Å². The summed E-state index contributed by atoms with van der Waals surface area (Å²) in [4.78, 5) is 41.6. The van der Waals surface area contributed by atoms with Gasteiger partial charge < -0.3 is 9.88 Å². The number of para-hydroxylation sites is 1. The molecule has 0 atom stereocenters. The number of nitrogens with one attached hydrogen (secondary N) is 1. The highest BCUT2D eigenvalue weighted by atomic mass is 16.2. The molecular weight excluding hydrogens is 402 g/mol. The zero-order chi connectivity index (χ0) is 22.8. The molecule has 168 valence electrons. The Hall–Kier alpha value is -3.22. The summed E-state index contributed by atoms with van der Waals surface area (Å²) in [5.41, 5.74) is 3.94. The molecule has 0 spiro atoms. The van der Waals surface area contributed by atoms with E-state index in [0.29, 0.717) is 44.1 Å². The number of hydrogen-bond acceptors (Lipinski definition) is 4.